The van der Waals surface area contributed by atoms with Crippen molar-refractivity contribution in [3.05, 3.63) is 66.6 Å². The van der Waals surface area contributed by atoms with Gasteiger partial charge in [-0.25, -0.2) is 4.98 Å². The summed E-state index contributed by atoms with van der Waals surface area (Å²) in [5.74, 6) is -0.128. The fraction of sp³-hybridized carbons (Fsp3) is 0.111. The van der Waals surface area contributed by atoms with Gasteiger partial charge in [0.15, 0.2) is 0 Å². The van der Waals surface area contributed by atoms with Gasteiger partial charge in [0.25, 0.3) is 5.91 Å². The summed E-state index contributed by atoms with van der Waals surface area (Å²) in [5.41, 5.74) is 4.32. The van der Waals surface area contributed by atoms with Gasteiger partial charge in [0, 0.05) is 36.6 Å². The Balaban J connectivity index is 1.76. The van der Waals surface area contributed by atoms with E-state index in [0.29, 0.717) is 5.56 Å². The molecular formula is C18H18N4O. The summed E-state index contributed by atoms with van der Waals surface area (Å²) in [7, 11) is 3.94. The van der Waals surface area contributed by atoms with Gasteiger partial charge >= 0.3 is 0 Å². The van der Waals surface area contributed by atoms with Crippen LogP contribution in [0, 0.1) is 0 Å². The number of hydrogen-bond donors (Lipinski definition) is 2. The Bertz CT molecular complexity index is 792. The van der Waals surface area contributed by atoms with E-state index in [-0.39, 0.29) is 5.91 Å². The van der Waals surface area contributed by atoms with E-state index < -0.39 is 0 Å². The first kappa shape index (κ1) is 14.8. The third kappa shape index (κ3) is 3.40. The van der Waals surface area contributed by atoms with Crippen LogP contribution < -0.4 is 10.2 Å². The molecule has 0 saturated carbocycles. The highest BCUT2D eigenvalue weighted by Crippen LogP contribution is 2.21. The maximum Gasteiger partial charge on any atom is 0.255 e. The lowest BCUT2D eigenvalue weighted by molar-refractivity contribution is 0.102. The zero-order valence-corrected chi connectivity index (χ0v) is 13.1. The molecule has 1 heterocycles. The van der Waals surface area contributed by atoms with Crippen LogP contribution in [0.4, 0.5) is 11.4 Å². The molecule has 1 aromatic heterocycles. The summed E-state index contributed by atoms with van der Waals surface area (Å²) in [6.07, 6.45) is 3.38. The highest BCUT2D eigenvalue weighted by atomic mass is 16.1. The molecule has 23 heavy (non-hydrogen) atoms. The van der Waals surface area contributed by atoms with Crippen molar-refractivity contribution in [2.75, 3.05) is 24.3 Å². The molecule has 0 radical (unpaired) electrons. The van der Waals surface area contributed by atoms with Crippen LogP contribution in [0.25, 0.3) is 11.3 Å². The maximum absolute atomic E-state index is 12.3. The molecule has 0 fully saturated rings. The number of aromatic nitrogens is 2. The van der Waals surface area contributed by atoms with Crippen molar-refractivity contribution >= 4 is 17.3 Å². The van der Waals surface area contributed by atoms with Gasteiger partial charge in [-0.15, -0.1) is 0 Å². The summed E-state index contributed by atoms with van der Waals surface area (Å²) in [6, 6.07) is 15.2. The lowest BCUT2D eigenvalue weighted by atomic mass is 10.1. The minimum absolute atomic E-state index is 0.128. The van der Waals surface area contributed by atoms with Crippen molar-refractivity contribution in [1.29, 1.82) is 0 Å². The fourth-order valence-corrected chi connectivity index (χ4v) is 2.29. The number of H-pyrrole nitrogens is 1. The first-order valence-electron chi connectivity index (χ1n) is 7.31. The Hall–Kier alpha value is -3.08. The molecule has 2 N–H and O–H groups in total. The van der Waals surface area contributed by atoms with E-state index in [1.807, 2.05) is 67.5 Å². The summed E-state index contributed by atoms with van der Waals surface area (Å²) in [5, 5.41) is 2.92. The molecule has 3 aromatic rings. The SMILES string of the molecule is CN(C)c1ccc(C(=O)Nc2cccc(-c3cnc[nH]3)c2)cc1. The van der Waals surface area contributed by atoms with Crippen molar-refractivity contribution in [2.45, 2.75) is 0 Å². The predicted octanol–water partition coefficient (Wildman–Crippen LogP) is 3.40. The number of rotatable bonds is 4. The number of amides is 1. The van der Waals surface area contributed by atoms with Crippen LogP contribution in [0.1, 0.15) is 10.4 Å². The van der Waals surface area contributed by atoms with Crippen LogP contribution in [-0.4, -0.2) is 30.0 Å². The second-order valence-electron chi connectivity index (χ2n) is 5.44. The third-order valence-corrected chi connectivity index (χ3v) is 3.58. The molecule has 116 valence electrons. The van der Waals surface area contributed by atoms with Crippen LogP contribution in [0.3, 0.4) is 0 Å². The Labute approximate surface area is 135 Å². The number of carbonyl (C=O) groups is 1. The monoisotopic (exact) mass is 306 g/mol. The van der Waals surface area contributed by atoms with Gasteiger partial charge < -0.3 is 15.2 Å². The predicted molar refractivity (Wildman–Crippen MR) is 92.7 cm³/mol. The van der Waals surface area contributed by atoms with Crippen LogP contribution >= 0.6 is 0 Å². The molecule has 0 spiro atoms. The summed E-state index contributed by atoms with van der Waals surface area (Å²) < 4.78 is 0. The molecular weight excluding hydrogens is 288 g/mol. The van der Waals surface area contributed by atoms with E-state index in [1.165, 1.54) is 0 Å². The molecule has 5 nitrogen and oxygen atoms in total. The number of nitrogens with zero attached hydrogens (tertiary/aromatic N) is 2. The minimum Gasteiger partial charge on any atom is -0.378 e. The van der Waals surface area contributed by atoms with Crippen molar-refractivity contribution in [2.24, 2.45) is 0 Å². The molecule has 0 aliphatic rings. The lowest BCUT2D eigenvalue weighted by Gasteiger charge is -2.12. The van der Waals surface area contributed by atoms with Crippen LogP contribution in [0.5, 0.6) is 0 Å². The molecule has 1 amide bonds. The van der Waals surface area contributed by atoms with E-state index >= 15 is 0 Å². The number of nitrogens with one attached hydrogen (secondary N) is 2. The number of benzene rings is 2. The highest BCUT2D eigenvalue weighted by Gasteiger charge is 2.07. The summed E-state index contributed by atoms with van der Waals surface area (Å²) in [6.45, 7) is 0. The summed E-state index contributed by atoms with van der Waals surface area (Å²) in [4.78, 5) is 21.4. The zero-order valence-electron chi connectivity index (χ0n) is 13.1. The minimum atomic E-state index is -0.128. The van der Waals surface area contributed by atoms with Gasteiger partial charge in [-0.3, -0.25) is 4.79 Å². The smallest absolute Gasteiger partial charge is 0.255 e. The van der Waals surface area contributed by atoms with Gasteiger partial charge in [0.1, 0.15) is 0 Å². The van der Waals surface area contributed by atoms with E-state index in [4.69, 9.17) is 0 Å². The lowest BCUT2D eigenvalue weighted by Crippen LogP contribution is -2.13. The number of hydrogen-bond acceptors (Lipinski definition) is 3. The van der Waals surface area contributed by atoms with Crippen LogP contribution in [0.2, 0.25) is 0 Å². The third-order valence-electron chi connectivity index (χ3n) is 3.58. The van der Waals surface area contributed by atoms with Gasteiger partial charge in [0.2, 0.25) is 0 Å². The Kier molecular flexibility index (Phi) is 4.10. The topological polar surface area (TPSA) is 61.0 Å². The Morgan fingerprint density at radius 2 is 1.91 bits per heavy atom. The van der Waals surface area contributed by atoms with E-state index in [0.717, 1.165) is 22.6 Å². The van der Waals surface area contributed by atoms with Crippen molar-refractivity contribution < 1.29 is 4.79 Å². The van der Waals surface area contributed by atoms with Gasteiger partial charge in [-0.05, 0) is 36.4 Å². The molecule has 0 aliphatic carbocycles. The molecule has 0 unspecified atom stereocenters. The molecule has 0 saturated heterocycles. The number of imidazole rings is 1. The van der Waals surface area contributed by atoms with Crippen LogP contribution in [0.15, 0.2) is 61.1 Å². The molecule has 0 aliphatic heterocycles. The van der Waals surface area contributed by atoms with Gasteiger partial charge in [0.05, 0.1) is 18.2 Å². The first-order chi connectivity index (χ1) is 11.1. The summed E-state index contributed by atoms with van der Waals surface area (Å²) >= 11 is 0. The molecule has 5 heteroatoms. The van der Waals surface area contributed by atoms with Crippen LogP contribution in [-0.2, 0) is 0 Å². The quantitative estimate of drug-likeness (QED) is 0.776. The number of anilines is 2. The van der Waals surface area contributed by atoms with Crippen molar-refractivity contribution in [3.63, 3.8) is 0 Å². The van der Waals surface area contributed by atoms with Gasteiger partial charge in [-0.1, -0.05) is 12.1 Å². The highest BCUT2D eigenvalue weighted by molar-refractivity contribution is 6.04. The molecule has 2 aromatic carbocycles. The normalized spacial score (nSPS) is 10.3. The standard InChI is InChI=1S/C18H18N4O/c1-22(2)16-8-6-13(7-9-16)18(23)21-15-5-3-4-14(10-15)17-11-19-12-20-17/h3-12H,1-2H3,(H,19,20)(H,21,23). The number of aromatic amines is 1. The molecule has 3 rings (SSSR count). The number of carbonyl (C=O) groups excluding carboxylic acids is 1. The largest absolute Gasteiger partial charge is 0.378 e. The molecule has 0 atom stereocenters. The van der Waals surface area contributed by atoms with E-state index in [2.05, 4.69) is 15.3 Å². The van der Waals surface area contributed by atoms with Gasteiger partial charge in [-0.2, -0.15) is 0 Å². The zero-order chi connectivity index (χ0) is 16.2. The Morgan fingerprint density at radius 3 is 2.57 bits per heavy atom. The molecule has 0 bridgehead atoms. The second-order valence-corrected chi connectivity index (χ2v) is 5.44. The van der Waals surface area contributed by atoms with E-state index in [9.17, 15) is 4.79 Å². The second kappa shape index (κ2) is 6.36. The fourth-order valence-electron chi connectivity index (χ4n) is 2.29. The van der Waals surface area contributed by atoms with Crippen molar-refractivity contribution in [3.8, 4) is 11.3 Å². The Morgan fingerprint density at radius 1 is 1.13 bits per heavy atom. The van der Waals surface area contributed by atoms with Crippen molar-refractivity contribution in [1.82, 2.24) is 9.97 Å². The first-order valence-corrected chi connectivity index (χ1v) is 7.31. The van der Waals surface area contributed by atoms with E-state index in [1.54, 1.807) is 12.5 Å². The average molecular weight is 306 g/mol. The maximum atomic E-state index is 12.3. The average Bonchev–Trinajstić information content (AvgIpc) is 3.10.